The van der Waals surface area contributed by atoms with E-state index < -0.39 is 11.8 Å². The second-order valence-electron chi connectivity index (χ2n) is 7.67. The molecule has 10 heteroatoms. The number of phenolic OH excluding ortho intramolecular Hbond substituents is 1. The van der Waals surface area contributed by atoms with E-state index in [1.54, 1.807) is 12.1 Å². The molecule has 1 atom stereocenters. The van der Waals surface area contributed by atoms with Gasteiger partial charge in [0.25, 0.3) is 11.8 Å². The van der Waals surface area contributed by atoms with Crippen LogP contribution >= 0.6 is 34.5 Å². The van der Waals surface area contributed by atoms with Crippen LogP contribution in [0.5, 0.6) is 5.75 Å². The Morgan fingerprint density at radius 3 is 2.62 bits per heavy atom. The Morgan fingerprint density at radius 1 is 1.25 bits per heavy atom. The maximum Gasteiger partial charge on any atom is 0.256 e. The molecular weight excluding hydrogens is 473 g/mol. The van der Waals surface area contributed by atoms with Gasteiger partial charge in [-0.3, -0.25) is 14.5 Å². The number of nitrogens with one attached hydrogen (secondary N) is 1. The molecule has 168 valence electrons. The van der Waals surface area contributed by atoms with Crippen LogP contribution in [0.2, 0.25) is 10.0 Å². The van der Waals surface area contributed by atoms with E-state index in [0.717, 1.165) is 36.3 Å². The molecule has 32 heavy (non-hydrogen) atoms. The summed E-state index contributed by atoms with van der Waals surface area (Å²) in [5.41, 5.74) is 7.08. The lowest BCUT2D eigenvalue weighted by Crippen LogP contribution is -2.31. The Kier molecular flexibility index (Phi) is 6.60. The highest BCUT2D eigenvalue weighted by molar-refractivity contribution is 7.24. The van der Waals surface area contributed by atoms with Crippen molar-refractivity contribution >= 4 is 61.4 Å². The van der Waals surface area contributed by atoms with Gasteiger partial charge < -0.3 is 21.3 Å². The largest absolute Gasteiger partial charge is 0.505 e. The summed E-state index contributed by atoms with van der Waals surface area (Å²) >= 11 is 13.2. The normalized spacial score (nSPS) is 16.5. The lowest BCUT2D eigenvalue weighted by atomic mass is 10.1. The molecule has 2 aromatic carbocycles. The Hall–Kier alpha value is -2.36. The zero-order chi connectivity index (χ0) is 23.0. The van der Waals surface area contributed by atoms with E-state index in [1.165, 1.54) is 6.07 Å². The first-order chi connectivity index (χ1) is 15.3. The summed E-state index contributed by atoms with van der Waals surface area (Å²) in [5.74, 6) is -1.46. The third-order valence-electron chi connectivity index (χ3n) is 5.63. The van der Waals surface area contributed by atoms with Crippen LogP contribution in [-0.2, 0) is 6.54 Å². The molecule has 0 saturated carbocycles. The van der Waals surface area contributed by atoms with Crippen molar-refractivity contribution in [1.82, 2.24) is 4.90 Å². The third kappa shape index (κ3) is 4.29. The van der Waals surface area contributed by atoms with Gasteiger partial charge in [0.2, 0.25) is 0 Å². The minimum atomic E-state index is -0.747. The monoisotopic (exact) mass is 493 g/mol. The van der Waals surface area contributed by atoms with E-state index in [1.807, 2.05) is 12.1 Å². The number of nitrogens with two attached hydrogens (primary N) is 1. The van der Waals surface area contributed by atoms with Crippen LogP contribution in [-0.4, -0.2) is 46.1 Å². The van der Waals surface area contributed by atoms with Crippen LogP contribution in [0.4, 0.5) is 5.00 Å². The number of likely N-dealkylation sites (tertiary alicyclic amines) is 1. The molecule has 1 fully saturated rings. The van der Waals surface area contributed by atoms with Gasteiger partial charge >= 0.3 is 0 Å². The SMILES string of the molecule is NC(=O)c1c(NC(=O)c2ccc(CN3CCC[C@@H]3CO)cc2)sc2c(Cl)c(O)c(Cl)cc12. The van der Waals surface area contributed by atoms with Gasteiger partial charge in [-0.2, -0.15) is 0 Å². The summed E-state index contributed by atoms with van der Waals surface area (Å²) in [4.78, 5) is 27.2. The lowest BCUT2D eigenvalue weighted by molar-refractivity contribution is 0.100. The third-order valence-corrected chi connectivity index (χ3v) is 7.54. The number of thiophene rings is 1. The van der Waals surface area contributed by atoms with Crippen molar-refractivity contribution in [1.29, 1.82) is 0 Å². The maximum atomic E-state index is 12.8. The van der Waals surface area contributed by atoms with Crippen LogP contribution < -0.4 is 11.1 Å². The molecule has 0 aliphatic carbocycles. The number of hydrogen-bond donors (Lipinski definition) is 4. The number of aliphatic hydroxyl groups is 1. The Labute approximate surface area is 198 Å². The zero-order valence-corrected chi connectivity index (χ0v) is 19.2. The van der Waals surface area contributed by atoms with Crippen LogP contribution in [0.3, 0.4) is 0 Å². The second kappa shape index (κ2) is 9.25. The van der Waals surface area contributed by atoms with Crippen LogP contribution in [0, 0.1) is 0 Å². The topological polar surface area (TPSA) is 116 Å². The van der Waals surface area contributed by atoms with Gasteiger partial charge in [0.1, 0.15) is 10.0 Å². The Bertz CT molecular complexity index is 1200. The first-order valence-electron chi connectivity index (χ1n) is 9.98. The fourth-order valence-electron chi connectivity index (χ4n) is 3.97. The molecule has 4 rings (SSSR count). The van der Waals surface area contributed by atoms with Crippen molar-refractivity contribution in [2.24, 2.45) is 5.73 Å². The number of anilines is 1. The number of carbonyl (C=O) groups is 2. The number of carbonyl (C=O) groups excluding carboxylic acids is 2. The highest BCUT2D eigenvalue weighted by Crippen LogP contribution is 2.46. The minimum absolute atomic E-state index is 0.00653. The van der Waals surface area contributed by atoms with Crippen molar-refractivity contribution in [3.8, 4) is 5.75 Å². The number of rotatable bonds is 6. The van der Waals surface area contributed by atoms with Gasteiger partial charge in [-0.15, -0.1) is 11.3 Å². The van der Waals surface area contributed by atoms with E-state index >= 15 is 0 Å². The zero-order valence-electron chi connectivity index (χ0n) is 16.9. The minimum Gasteiger partial charge on any atom is -0.505 e. The summed E-state index contributed by atoms with van der Waals surface area (Å²) in [5, 5.41) is 22.8. The molecule has 7 nitrogen and oxygen atoms in total. The molecule has 5 N–H and O–H groups in total. The summed E-state index contributed by atoms with van der Waals surface area (Å²) < 4.78 is 0.400. The van der Waals surface area contributed by atoms with Gasteiger partial charge in [0.05, 0.1) is 21.9 Å². The fraction of sp³-hybridized carbons (Fsp3) is 0.273. The second-order valence-corrected chi connectivity index (χ2v) is 9.47. The summed E-state index contributed by atoms with van der Waals surface area (Å²) in [6.45, 7) is 1.79. The molecule has 3 aromatic rings. The molecular formula is C22H21Cl2N3O4S. The van der Waals surface area contributed by atoms with Crippen LogP contribution in [0.25, 0.3) is 10.1 Å². The molecule has 0 radical (unpaired) electrons. The molecule has 0 unspecified atom stereocenters. The number of fused-ring (bicyclic) bond motifs is 1. The number of aromatic hydroxyl groups is 1. The van der Waals surface area contributed by atoms with Gasteiger partial charge in [-0.1, -0.05) is 35.3 Å². The molecule has 2 amide bonds. The smallest absolute Gasteiger partial charge is 0.256 e. The standard InChI is InChI=1S/C22H21Cl2N3O4S/c23-15-8-14-16(20(25)30)22(32-19(14)17(24)18(15)29)26-21(31)12-5-3-11(4-6-12)9-27-7-1-2-13(27)10-28/h3-6,8,13,28-29H,1-2,7,9-10H2,(H2,25,30)(H,26,31)/t13-/m1/s1. The molecule has 0 spiro atoms. The highest BCUT2D eigenvalue weighted by atomic mass is 35.5. The van der Waals surface area contributed by atoms with Crippen LogP contribution in [0.15, 0.2) is 30.3 Å². The number of benzene rings is 2. The summed E-state index contributed by atoms with van der Waals surface area (Å²) in [6, 6.07) is 8.74. The van der Waals surface area contributed by atoms with E-state index in [0.29, 0.717) is 22.2 Å². The number of phenols is 1. The van der Waals surface area contributed by atoms with Crippen molar-refractivity contribution in [2.45, 2.75) is 25.4 Å². The predicted octanol–water partition coefficient (Wildman–Crippen LogP) is 4.22. The molecule has 1 aliphatic heterocycles. The Balaban J connectivity index is 1.57. The number of halogens is 2. The predicted molar refractivity (Wildman–Crippen MR) is 127 cm³/mol. The van der Waals surface area contributed by atoms with Crippen molar-refractivity contribution in [3.63, 3.8) is 0 Å². The first kappa shape index (κ1) is 22.8. The van der Waals surface area contributed by atoms with E-state index in [9.17, 15) is 19.8 Å². The number of aliphatic hydroxyl groups excluding tert-OH is 1. The average molecular weight is 494 g/mol. The molecule has 1 aromatic heterocycles. The van der Waals surface area contributed by atoms with Gasteiger partial charge in [-0.05, 0) is 43.1 Å². The highest BCUT2D eigenvalue weighted by Gasteiger charge is 2.25. The molecule has 2 heterocycles. The van der Waals surface area contributed by atoms with E-state index in [4.69, 9.17) is 28.9 Å². The fourth-order valence-corrected chi connectivity index (χ4v) is 5.66. The number of primary amides is 1. The van der Waals surface area contributed by atoms with E-state index in [2.05, 4.69) is 10.2 Å². The summed E-state index contributed by atoms with van der Waals surface area (Å²) in [7, 11) is 0. The van der Waals surface area contributed by atoms with E-state index in [-0.39, 0.29) is 39.0 Å². The van der Waals surface area contributed by atoms with Crippen molar-refractivity contribution < 1.29 is 19.8 Å². The van der Waals surface area contributed by atoms with Gasteiger partial charge in [0.15, 0.2) is 5.75 Å². The molecule has 0 bridgehead atoms. The average Bonchev–Trinajstić information content (AvgIpc) is 3.36. The number of amides is 2. The maximum absolute atomic E-state index is 12.8. The number of hydrogen-bond acceptors (Lipinski definition) is 6. The van der Waals surface area contributed by atoms with Crippen molar-refractivity contribution in [2.75, 3.05) is 18.5 Å². The molecule has 1 saturated heterocycles. The quantitative estimate of drug-likeness (QED) is 0.410. The Morgan fingerprint density at radius 2 is 1.97 bits per heavy atom. The first-order valence-corrected chi connectivity index (χ1v) is 11.6. The van der Waals surface area contributed by atoms with Crippen LogP contribution in [0.1, 0.15) is 39.1 Å². The van der Waals surface area contributed by atoms with Gasteiger partial charge in [-0.25, -0.2) is 0 Å². The lowest BCUT2D eigenvalue weighted by Gasteiger charge is -2.22. The number of nitrogens with zero attached hydrogens (tertiary/aromatic N) is 1. The summed E-state index contributed by atoms with van der Waals surface area (Å²) in [6.07, 6.45) is 2.05. The van der Waals surface area contributed by atoms with Crippen molar-refractivity contribution in [3.05, 3.63) is 57.1 Å². The molecule has 1 aliphatic rings. The van der Waals surface area contributed by atoms with Gasteiger partial charge in [0, 0.05) is 23.5 Å².